The first kappa shape index (κ1) is 14.3. The molecule has 0 radical (unpaired) electrons. The van der Waals surface area contributed by atoms with E-state index in [9.17, 15) is 4.39 Å². The van der Waals surface area contributed by atoms with Crippen LogP contribution < -0.4 is 15.8 Å². The SMILES string of the molecule is COc1ccc(C(CN)NC2CCCCC2)cc1F. The summed E-state index contributed by atoms with van der Waals surface area (Å²) in [6, 6.07) is 5.59. The first-order valence-corrected chi connectivity index (χ1v) is 7.04. The minimum atomic E-state index is -0.330. The summed E-state index contributed by atoms with van der Waals surface area (Å²) in [6.07, 6.45) is 6.24. The van der Waals surface area contributed by atoms with E-state index in [-0.39, 0.29) is 17.6 Å². The van der Waals surface area contributed by atoms with Gasteiger partial charge in [-0.3, -0.25) is 0 Å². The summed E-state index contributed by atoms with van der Waals surface area (Å²) < 4.78 is 18.7. The Bertz CT molecular complexity index is 405. The van der Waals surface area contributed by atoms with Gasteiger partial charge in [-0.25, -0.2) is 4.39 Å². The molecule has 0 spiro atoms. The lowest BCUT2D eigenvalue weighted by Gasteiger charge is -2.28. The number of nitrogens with one attached hydrogen (secondary N) is 1. The van der Waals surface area contributed by atoms with Crippen LogP contribution in [0.1, 0.15) is 43.7 Å². The zero-order valence-corrected chi connectivity index (χ0v) is 11.5. The fraction of sp³-hybridized carbons (Fsp3) is 0.600. The third-order valence-corrected chi connectivity index (χ3v) is 3.86. The summed E-state index contributed by atoms with van der Waals surface area (Å²) in [4.78, 5) is 0. The lowest BCUT2D eigenvalue weighted by atomic mass is 9.94. The van der Waals surface area contributed by atoms with Crippen molar-refractivity contribution in [1.29, 1.82) is 0 Å². The predicted octanol–water partition coefficient (Wildman–Crippen LogP) is 2.76. The quantitative estimate of drug-likeness (QED) is 0.861. The van der Waals surface area contributed by atoms with Gasteiger partial charge in [-0.1, -0.05) is 25.3 Å². The van der Waals surface area contributed by atoms with Crippen molar-refractivity contribution in [3.63, 3.8) is 0 Å². The highest BCUT2D eigenvalue weighted by Gasteiger charge is 2.19. The molecule has 0 saturated heterocycles. The van der Waals surface area contributed by atoms with Crippen LogP contribution in [0.15, 0.2) is 18.2 Å². The third kappa shape index (κ3) is 3.67. The number of rotatable bonds is 5. The molecule has 1 aromatic rings. The normalized spacial score (nSPS) is 18.3. The van der Waals surface area contributed by atoms with Gasteiger partial charge in [0.25, 0.3) is 0 Å². The van der Waals surface area contributed by atoms with E-state index in [0.717, 1.165) is 5.56 Å². The number of methoxy groups -OCH3 is 1. The first-order valence-electron chi connectivity index (χ1n) is 7.04. The Kier molecular flexibility index (Phi) is 5.16. The van der Waals surface area contributed by atoms with E-state index in [4.69, 9.17) is 10.5 Å². The number of nitrogens with two attached hydrogens (primary N) is 1. The van der Waals surface area contributed by atoms with Gasteiger partial charge in [0, 0.05) is 18.6 Å². The lowest BCUT2D eigenvalue weighted by Crippen LogP contribution is -2.37. The average Bonchev–Trinajstić information content (AvgIpc) is 2.46. The first-order chi connectivity index (χ1) is 9.24. The molecule has 4 heteroatoms. The van der Waals surface area contributed by atoms with Gasteiger partial charge < -0.3 is 15.8 Å². The number of benzene rings is 1. The minimum Gasteiger partial charge on any atom is -0.494 e. The summed E-state index contributed by atoms with van der Waals surface area (Å²) in [5.41, 5.74) is 6.72. The van der Waals surface area contributed by atoms with Crippen molar-refractivity contribution >= 4 is 0 Å². The Morgan fingerprint density at radius 3 is 2.68 bits per heavy atom. The smallest absolute Gasteiger partial charge is 0.165 e. The Morgan fingerprint density at radius 2 is 2.11 bits per heavy atom. The second-order valence-corrected chi connectivity index (χ2v) is 5.18. The van der Waals surface area contributed by atoms with Crippen molar-refractivity contribution < 1.29 is 9.13 Å². The van der Waals surface area contributed by atoms with Gasteiger partial charge >= 0.3 is 0 Å². The second kappa shape index (κ2) is 6.87. The summed E-state index contributed by atoms with van der Waals surface area (Å²) >= 11 is 0. The topological polar surface area (TPSA) is 47.3 Å². The lowest BCUT2D eigenvalue weighted by molar-refractivity contribution is 0.339. The largest absolute Gasteiger partial charge is 0.494 e. The van der Waals surface area contributed by atoms with Crippen molar-refractivity contribution in [2.75, 3.05) is 13.7 Å². The van der Waals surface area contributed by atoms with Gasteiger partial charge in [0.2, 0.25) is 0 Å². The molecule has 106 valence electrons. The summed E-state index contributed by atoms with van der Waals surface area (Å²) in [5.74, 6) is -0.0546. The van der Waals surface area contributed by atoms with Crippen molar-refractivity contribution in [2.24, 2.45) is 5.73 Å². The number of hydrogen-bond acceptors (Lipinski definition) is 3. The molecule has 0 heterocycles. The summed E-state index contributed by atoms with van der Waals surface area (Å²) in [6.45, 7) is 0.474. The van der Waals surface area contributed by atoms with Crippen molar-refractivity contribution in [3.8, 4) is 5.75 Å². The van der Waals surface area contributed by atoms with Crippen LogP contribution in [-0.4, -0.2) is 19.7 Å². The second-order valence-electron chi connectivity index (χ2n) is 5.18. The van der Waals surface area contributed by atoms with Gasteiger partial charge in [0.15, 0.2) is 11.6 Å². The fourth-order valence-electron chi connectivity index (χ4n) is 2.75. The molecule has 1 aliphatic carbocycles. The van der Waals surface area contributed by atoms with Crippen molar-refractivity contribution in [2.45, 2.75) is 44.2 Å². The van der Waals surface area contributed by atoms with E-state index in [1.807, 2.05) is 6.07 Å². The Labute approximate surface area is 114 Å². The Morgan fingerprint density at radius 1 is 1.37 bits per heavy atom. The van der Waals surface area contributed by atoms with Crippen LogP contribution in [-0.2, 0) is 0 Å². The molecular weight excluding hydrogens is 243 g/mol. The van der Waals surface area contributed by atoms with Crippen LogP contribution >= 0.6 is 0 Å². The van der Waals surface area contributed by atoms with E-state index in [1.165, 1.54) is 45.3 Å². The maximum absolute atomic E-state index is 13.7. The van der Waals surface area contributed by atoms with Crippen LogP contribution in [0.4, 0.5) is 4.39 Å². The van der Waals surface area contributed by atoms with Gasteiger partial charge in [0.1, 0.15) is 0 Å². The molecule has 1 unspecified atom stereocenters. The average molecular weight is 266 g/mol. The number of ether oxygens (including phenoxy) is 1. The van der Waals surface area contributed by atoms with Gasteiger partial charge in [0.05, 0.1) is 7.11 Å². The maximum atomic E-state index is 13.7. The van der Waals surface area contributed by atoms with Crippen LogP contribution in [0, 0.1) is 5.82 Å². The molecule has 0 aliphatic heterocycles. The Hall–Kier alpha value is -1.13. The van der Waals surface area contributed by atoms with E-state index in [1.54, 1.807) is 6.07 Å². The fourth-order valence-corrected chi connectivity index (χ4v) is 2.75. The van der Waals surface area contributed by atoms with Crippen LogP contribution in [0.2, 0.25) is 0 Å². The number of halogens is 1. The molecule has 1 fully saturated rings. The molecule has 1 aromatic carbocycles. The van der Waals surface area contributed by atoms with E-state index in [2.05, 4.69) is 5.32 Å². The van der Waals surface area contributed by atoms with Crippen LogP contribution in [0.5, 0.6) is 5.75 Å². The molecule has 0 bridgehead atoms. The Balaban J connectivity index is 2.05. The minimum absolute atomic E-state index is 0.0171. The van der Waals surface area contributed by atoms with Crippen LogP contribution in [0.3, 0.4) is 0 Å². The standard InChI is InChI=1S/C15H23FN2O/c1-19-15-8-7-11(9-13(15)16)14(10-17)18-12-5-3-2-4-6-12/h7-9,12,14,18H,2-6,10,17H2,1H3. The zero-order valence-electron chi connectivity index (χ0n) is 11.5. The molecule has 0 aromatic heterocycles. The monoisotopic (exact) mass is 266 g/mol. The highest BCUT2D eigenvalue weighted by Crippen LogP contribution is 2.24. The summed E-state index contributed by atoms with van der Waals surface area (Å²) in [7, 11) is 1.47. The molecule has 3 nitrogen and oxygen atoms in total. The van der Waals surface area contributed by atoms with E-state index < -0.39 is 0 Å². The maximum Gasteiger partial charge on any atom is 0.165 e. The molecular formula is C15H23FN2O. The molecule has 19 heavy (non-hydrogen) atoms. The molecule has 0 amide bonds. The highest BCUT2D eigenvalue weighted by atomic mass is 19.1. The number of hydrogen-bond donors (Lipinski definition) is 2. The van der Waals surface area contributed by atoms with Crippen molar-refractivity contribution in [3.05, 3.63) is 29.6 Å². The molecule has 3 N–H and O–H groups in total. The van der Waals surface area contributed by atoms with Gasteiger partial charge in [-0.05, 0) is 30.5 Å². The molecule has 1 aliphatic rings. The molecule has 2 rings (SSSR count). The third-order valence-electron chi connectivity index (χ3n) is 3.86. The van der Waals surface area contributed by atoms with E-state index >= 15 is 0 Å². The molecule has 1 atom stereocenters. The highest BCUT2D eigenvalue weighted by molar-refractivity contribution is 5.31. The van der Waals surface area contributed by atoms with Gasteiger partial charge in [-0.2, -0.15) is 0 Å². The van der Waals surface area contributed by atoms with Gasteiger partial charge in [-0.15, -0.1) is 0 Å². The van der Waals surface area contributed by atoms with Crippen LogP contribution in [0.25, 0.3) is 0 Å². The summed E-state index contributed by atoms with van der Waals surface area (Å²) in [5, 5.41) is 3.55. The van der Waals surface area contributed by atoms with Crippen molar-refractivity contribution in [1.82, 2.24) is 5.32 Å². The molecule has 1 saturated carbocycles. The van der Waals surface area contributed by atoms with E-state index in [0.29, 0.717) is 12.6 Å². The predicted molar refractivity (Wildman–Crippen MR) is 74.8 cm³/mol. The zero-order chi connectivity index (χ0) is 13.7.